The predicted molar refractivity (Wildman–Crippen MR) is 120 cm³/mol. The number of likely N-dealkylation sites (tertiary alicyclic amines) is 1. The van der Waals surface area contributed by atoms with Crippen LogP contribution in [0.2, 0.25) is 0 Å². The van der Waals surface area contributed by atoms with Crippen molar-refractivity contribution in [3.8, 4) is 0 Å². The lowest BCUT2D eigenvalue weighted by Gasteiger charge is -2.40. The van der Waals surface area contributed by atoms with E-state index in [1.807, 2.05) is 27.1 Å². The van der Waals surface area contributed by atoms with Crippen molar-refractivity contribution >= 4 is 5.91 Å². The minimum Gasteiger partial charge on any atom is -0.465 e. The molecular formula is C25H35N3O2. The van der Waals surface area contributed by atoms with Gasteiger partial charge in [-0.05, 0) is 88.0 Å². The molecule has 2 aliphatic rings. The van der Waals surface area contributed by atoms with Gasteiger partial charge in [-0.3, -0.25) is 9.69 Å². The molecule has 2 heterocycles. The van der Waals surface area contributed by atoms with Gasteiger partial charge in [0.15, 0.2) is 0 Å². The number of amides is 1. The van der Waals surface area contributed by atoms with E-state index in [0.717, 1.165) is 57.0 Å². The fraction of sp³-hybridized carbons (Fsp3) is 0.560. The number of hydrogen-bond acceptors (Lipinski definition) is 4. The number of nitrogens with one attached hydrogen (secondary N) is 1. The van der Waals surface area contributed by atoms with Crippen LogP contribution >= 0.6 is 0 Å². The van der Waals surface area contributed by atoms with E-state index >= 15 is 0 Å². The molecule has 1 saturated heterocycles. The standard InChI is InChI=1S/C25H35N3O2/c1-19-8-9-21(30-19)18-28-13-10-25(11-14-28)17-20(22-6-4-5-7-23(22)25)16-24(29)26-12-15-27(2)3/h4-9,20H,10-18H2,1-3H3,(H,26,29). The Labute approximate surface area is 180 Å². The summed E-state index contributed by atoms with van der Waals surface area (Å²) in [6, 6.07) is 13.0. The Morgan fingerprint density at radius 1 is 1.20 bits per heavy atom. The first-order valence-electron chi connectivity index (χ1n) is 11.2. The van der Waals surface area contributed by atoms with Crippen LogP contribution in [0.3, 0.4) is 0 Å². The van der Waals surface area contributed by atoms with Gasteiger partial charge >= 0.3 is 0 Å². The Balaban J connectivity index is 1.39. The molecule has 0 radical (unpaired) electrons. The van der Waals surface area contributed by atoms with Crippen molar-refractivity contribution in [3.05, 3.63) is 59.0 Å². The number of fused-ring (bicyclic) bond motifs is 2. The van der Waals surface area contributed by atoms with Crippen molar-refractivity contribution in [3.63, 3.8) is 0 Å². The zero-order valence-corrected chi connectivity index (χ0v) is 18.6. The lowest BCUT2D eigenvalue weighted by atomic mass is 9.73. The van der Waals surface area contributed by atoms with Gasteiger partial charge in [0.1, 0.15) is 11.5 Å². The number of aryl methyl sites for hydroxylation is 1. The summed E-state index contributed by atoms with van der Waals surface area (Å²) in [5, 5.41) is 3.10. The first kappa shape index (κ1) is 21.1. The second kappa shape index (κ2) is 8.94. The minimum atomic E-state index is 0.180. The third kappa shape index (κ3) is 4.62. The van der Waals surface area contributed by atoms with Gasteiger partial charge in [0.25, 0.3) is 0 Å². The summed E-state index contributed by atoms with van der Waals surface area (Å²) in [6.45, 7) is 6.64. The highest BCUT2D eigenvalue weighted by Crippen LogP contribution is 2.52. The first-order chi connectivity index (χ1) is 14.4. The highest BCUT2D eigenvalue weighted by Gasteiger charge is 2.45. The molecule has 1 spiro atoms. The van der Waals surface area contributed by atoms with Crippen LogP contribution in [0.4, 0.5) is 0 Å². The van der Waals surface area contributed by atoms with Gasteiger partial charge in [-0.15, -0.1) is 0 Å². The summed E-state index contributed by atoms with van der Waals surface area (Å²) < 4.78 is 5.78. The lowest BCUT2D eigenvalue weighted by molar-refractivity contribution is -0.121. The predicted octanol–water partition coefficient (Wildman–Crippen LogP) is 3.68. The molecule has 1 fully saturated rings. The third-order valence-corrected chi connectivity index (χ3v) is 6.91. The molecule has 4 rings (SSSR count). The van der Waals surface area contributed by atoms with Crippen LogP contribution in [0.15, 0.2) is 40.8 Å². The normalized spacial score (nSPS) is 20.6. The van der Waals surface area contributed by atoms with E-state index < -0.39 is 0 Å². The maximum Gasteiger partial charge on any atom is 0.220 e. The molecule has 1 N–H and O–H groups in total. The van der Waals surface area contributed by atoms with Crippen molar-refractivity contribution in [2.75, 3.05) is 40.3 Å². The topological polar surface area (TPSA) is 48.7 Å². The van der Waals surface area contributed by atoms with Crippen molar-refractivity contribution in [2.24, 2.45) is 0 Å². The zero-order valence-electron chi connectivity index (χ0n) is 18.6. The number of carbonyl (C=O) groups excluding carboxylic acids is 1. The maximum atomic E-state index is 12.6. The molecule has 162 valence electrons. The van der Waals surface area contributed by atoms with Gasteiger partial charge in [0.2, 0.25) is 5.91 Å². The van der Waals surface area contributed by atoms with Crippen LogP contribution in [0.5, 0.6) is 0 Å². The molecule has 0 bridgehead atoms. The van der Waals surface area contributed by atoms with E-state index in [1.54, 1.807) is 0 Å². The summed E-state index contributed by atoms with van der Waals surface area (Å²) in [5.74, 6) is 2.55. The molecule has 30 heavy (non-hydrogen) atoms. The van der Waals surface area contributed by atoms with Gasteiger partial charge in [-0.25, -0.2) is 0 Å². The Morgan fingerprint density at radius 3 is 2.67 bits per heavy atom. The van der Waals surface area contributed by atoms with Gasteiger partial charge < -0.3 is 14.6 Å². The highest BCUT2D eigenvalue weighted by atomic mass is 16.3. The summed E-state index contributed by atoms with van der Waals surface area (Å²) in [5.41, 5.74) is 3.11. The van der Waals surface area contributed by atoms with Crippen LogP contribution in [0, 0.1) is 6.92 Å². The Bertz CT molecular complexity index is 865. The number of hydrogen-bond donors (Lipinski definition) is 1. The summed E-state index contributed by atoms with van der Waals surface area (Å²) in [4.78, 5) is 17.2. The Hall–Kier alpha value is -2.11. The molecule has 1 aromatic heterocycles. The smallest absolute Gasteiger partial charge is 0.220 e. The average molecular weight is 410 g/mol. The number of carbonyl (C=O) groups is 1. The van der Waals surface area contributed by atoms with Crippen LogP contribution in [-0.2, 0) is 16.8 Å². The van der Waals surface area contributed by atoms with Gasteiger partial charge in [0, 0.05) is 19.5 Å². The van der Waals surface area contributed by atoms with Crippen molar-refractivity contribution < 1.29 is 9.21 Å². The molecule has 1 aromatic carbocycles. The quantitative estimate of drug-likeness (QED) is 0.758. The number of rotatable bonds is 7. The molecule has 2 aromatic rings. The van der Waals surface area contributed by atoms with Crippen LogP contribution in [0.1, 0.15) is 54.2 Å². The monoisotopic (exact) mass is 409 g/mol. The van der Waals surface area contributed by atoms with E-state index in [0.29, 0.717) is 18.9 Å². The number of piperidine rings is 1. The summed E-state index contributed by atoms with van der Waals surface area (Å²) in [7, 11) is 4.06. The second-order valence-electron chi connectivity index (χ2n) is 9.41. The largest absolute Gasteiger partial charge is 0.465 e. The number of benzene rings is 1. The van der Waals surface area contributed by atoms with Gasteiger partial charge in [0.05, 0.1) is 6.54 Å². The molecule has 5 heteroatoms. The molecule has 5 nitrogen and oxygen atoms in total. The molecule has 1 aliphatic heterocycles. The number of likely N-dealkylation sites (N-methyl/N-ethyl adjacent to an activating group) is 1. The van der Waals surface area contributed by atoms with E-state index in [2.05, 4.69) is 45.4 Å². The van der Waals surface area contributed by atoms with Crippen LogP contribution in [0.25, 0.3) is 0 Å². The van der Waals surface area contributed by atoms with Crippen molar-refractivity contribution in [2.45, 2.75) is 50.5 Å². The van der Waals surface area contributed by atoms with Crippen LogP contribution in [-0.4, -0.2) is 56.0 Å². The average Bonchev–Trinajstić information content (AvgIpc) is 3.25. The minimum absolute atomic E-state index is 0.180. The first-order valence-corrected chi connectivity index (χ1v) is 11.2. The number of furan rings is 1. The summed E-state index contributed by atoms with van der Waals surface area (Å²) >= 11 is 0. The molecular weight excluding hydrogens is 374 g/mol. The SMILES string of the molecule is Cc1ccc(CN2CCC3(CC2)CC(CC(=O)NCCN(C)C)c2ccccc23)o1. The molecule has 1 atom stereocenters. The summed E-state index contributed by atoms with van der Waals surface area (Å²) in [6.07, 6.45) is 4.01. The van der Waals surface area contributed by atoms with E-state index in [1.165, 1.54) is 11.1 Å². The number of nitrogens with zero attached hydrogens (tertiary/aromatic N) is 2. The lowest BCUT2D eigenvalue weighted by Crippen LogP contribution is -2.41. The molecule has 0 saturated carbocycles. The fourth-order valence-corrected chi connectivity index (χ4v) is 5.33. The van der Waals surface area contributed by atoms with Crippen LogP contribution < -0.4 is 5.32 Å². The van der Waals surface area contributed by atoms with E-state index in [9.17, 15) is 4.79 Å². The van der Waals surface area contributed by atoms with Gasteiger partial charge in [-0.2, -0.15) is 0 Å². The van der Waals surface area contributed by atoms with E-state index in [-0.39, 0.29) is 11.3 Å². The van der Waals surface area contributed by atoms with Gasteiger partial charge in [-0.1, -0.05) is 24.3 Å². The third-order valence-electron chi connectivity index (χ3n) is 6.91. The molecule has 1 unspecified atom stereocenters. The highest BCUT2D eigenvalue weighted by molar-refractivity contribution is 5.77. The Morgan fingerprint density at radius 2 is 1.97 bits per heavy atom. The second-order valence-corrected chi connectivity index (χ2v) is 9.41. The zero-order chi connectivity index (χ0) is 21.1. The maximum absolute atomic E-state index is 12.6. The van der Waals surface area contributed by atoms with Crippen molar-refractivity contribution in [1.29, 1.82) is 0 Å². The fourth-order valence-electron chi connectivity index (χ4n) is 5.33. The van der Waals surface area contributed by atoms with Crippen molar-refractivity contribution in [1.82, 2.24) is 15.1 Å². The van der Waals surface area contributed by atoms with E-state index in [4.69, 9.17) is 4.42 Å². The molecule has 1 aliphatic carbocycles. The molecule has 1 amide bonds. The Kier molecular flexibility index (Phi) is 6.30.